The molecule has 27 heavy (non-hydrogen) atoms. The molecule has 2 aromatic carbocycles. The van der Waals surface area contributed by atoms with Crippen molar-refractivity contribution < 1.29 is 27.1 Å². The Balaban J connectivity index is 1.63. The molecule has 0 aromatic heterocycles. The highest BCUT2D eigenvalue weighted by Gasteiger charge is 2.34. The van der Waals surface area contributed by atoms with E-state index in [1.807, 2.05) is 0 Å². The number of benzene rings is 2. The maximum atomic E-state index is 13.2. The summed E-state index contributed by atoms with van der Waals surface area (Å²) in [5, 5.41) is 5.47. The molecule has 1 unspecified atom stereocenters. The lowest BCUT2D eigenvalue weighted by Crippen LogP contribution is -2.30. The Kier molecular flexibility index (Phi) is 5.65. The van der Waals surface area contributed by atoms with E-state index in [9.17, 15) is 22.4 Å². The topological polar surface area (TPSA) is 50.4 Å². The maximum absolute atomic E-state index is 13.2. The second-order valence-electron chi connectivity index (χ2n) is 6.29. The molecule has 4 nitrogen and oxygen atoms in total. The Morgan fingerprint density at radius 3 is 2.52 bits per heavy atom. The number of hydrogen-bond donors (Lipinski definition) is 2. The molecule has 2 aromatic rings. The van der Waals surface area contributed by atoms with E-state index in [1.54, 1.807) is 24.3 Å². The van der Waals surface area contributed by atoms with Crippen molar-refractivity contribution >= 4 is 17.3 Å². The minimum absolute atomic E-state index is 0.0733. The van der Waals surface area contributed by atoms with Gasteiger partial charge in [0.05, 0.1) is 23.8 Å². The molecule has 1 atom stereocenters. The highest BCUT2D eigenvalue weighted by Crippen LogP contribution is 2.36. The highest BCUT2D eigenvalue weighted by molar-refractivity contribution is 5.79. The summed E-state index contributed by atoms with van der Waals surface area (Å²) in [6.45, 7) is 1.33. The second-order valence-corrected chi connectivity index (χ2v) is 6.29. The van der Waals surface area contributed by atoms with Crippen LogP contribution in [0.25, 0.3) is 0 Å². The van der Waals surface area contributed by atoms with Crippen molar-refractivity contribution in [3.8, 4) is 0 Å². The number of carbonyl (C=O) groups is 1. The van der Waals surface area contributed by atoms with Crippen LogP contribution in [-0.2, 0) is 22.3 Å². The Labute approximate surface area is 153 Å². The third kappa shape index (κ3) is 4.97. The van der Waals surface area contributed by atoms with Gasteiger partial charge in [0.1, 0.15) is 5.82 Å². The Hall–Kier alpha value is -2.61. The summed E-state index contributed by atoms with van der Waals surface area (Å²) in [5.41, 5.74) is -0.0712. The zero-order valence-corrected chi connectivity index (χ0v) is 14.3. The number of halogens is 4. The van der Waals surface area contributed by atoms with E-state index in [4.69, 9.17) is 4.74 Å². The van der Waals surface area contributed by atoms with Gasteiger partial charge >= 0.3 is 6.18 Å². The van der Waals surface area contributed by atoms with E-state index < -0.39 is 17.6 Å². The van der Waals surface area contributed by atoms with Crippen molar-refractivity contribution in [3.05, 3.63) is 59.4 Å². The van der Waals surface area contributed by atoms with E-state index in [-0.39, 0.29) is 17.5 Å². The van der Waals surface area contributed by atoms with Crippen molar-refractivity contribution in [2.45, 2.75) is 19.1 Å². The molecule has 1 amide bonds. The molecule has 1 aliphatic rings. The third-order valence-corrected chi connectivity index (χ3v) is 4.29. The molecule has 0 saturated carbocycles. The van der Waals surface area contributed by atoms with E-state index in [1.165, 1.54) is 0 Å². The van der Waals surface area contributed by atoms with Crippen LogP contribution < -0.4 is 10.6 Å². The number of carbonyl (C=O) groups excluding carboxylic acids is 1. The number of alkyl halides is 3. The van der Waals surface area contributed by atoms with Crippen molar-refractivity contribution in [1.82, 2.24) is 5.32 Å². The number of anilines is 2. The van der Waals surface area contributed by atoms with Crippen molar-refractivity contribution in [2.24, 2.45) is 5.92 Å². The number of ether oxygens (including phenoxy) is 1. The summed E-state index contributed by atoms with van der Waals surface area (Å²) in [4.78, 5) is 11.9. The van der Waals surface area contributed by atoms with Crippen LogP contribution in [0.2, 0.25) is 0 Å². The van der Waals surface area contributed by atoms with Crippen LogP contribution in [0, 0.1) is 11.7 Å². The summed E-state index contributed by atoms with van der Waals surface area (Å²) in [6.07, 6.45) is -3.97. The molecule has 0 aliphatic carbocycles. The molecule has 0 radical (unpaired) electrons. The predicted molar refractivity (Wildman–Crippen MR) is 91.9 cm³/mol. The highest BCUT2D eigenvalue weighted by atomic mass is 19.4. The van der Waals surface area contributed by atoms with Crippen LogP contribution in [0.1, 0.15) is 17.5 Å². The number of nitrogens with one attached hydrogen (secondary N) is 2. The lowest BCUT2D eigenvalue weighted by Gasteiger charge is -2.15. The van der Waals surface area contributed by atoms with E-state index >= 15 is 0 Å². The van der Waals surface area contributed by atoms with Gasteiger partial charge in [-0.15, -0.1) is 0 Å². The number of hydrogen-bond acceptors (Lipinski definition) is 3. The predicted octanol–water partition coefficient (Wildman–Crippen LogP) is 4.24. The maximum Gasteiger partial charge on any atom is 0.418 e. The van der Waals surface area contributed by atoms with Crippen LogP contribution in [0.5, 0.6) is 0 Å². The van der Waals surface area contributed by atoms with Gasteiger partial charge in [-0.05, 0) is 42.3 Å². The Morgan fingerprint density at radius 1 is 1.15 bits per heavy atom. The lowest BCUT2D eigenvalue weighted by atomic mass is 10.1. The van der Waals surface area contributed by atoms with Crippen molar-refractivity contribution in [1.29, 1.82) is 0 Å². The average molecular weight is 382 g/mol. The van der Waals surface area contributed by atoms with E-state index in [0.29, 0.717) is 37.9 Å². The van der Waals surface area contributed by atoms with Crippen LogP contribution in [0.3, 0.4) is 0 Å². The van der Waals surface area contributed by atoms with Gasteiger partial charge in [-0.2, -0.15) is 13.2 Å². The van der Waals surface area contributed by atoms with E-state index in [2.05, 4.69) is 10.6 Å². The molecule has 1 saturated heterocycles. The fourth-order valence-electron chi connectivity index (χ4n) is 2.80. The molecule has 1 fully saturated rings. The summed E-state index contributed by atoms with van der Waals surface area (Å²) in [5.74, 6) is -1.16. The molecule has 1 aliphatic heterocycles. The van der Waals surface area contributed by atoms with E-state index in [0.717, 1.165) is 17.7 Å². The van der Waals surface area contributed by atoms with Crippen molar-refractivity contribution in [2.75, 3.05) is 18.5 Å². The minimum atomic E-state index is -4.67. The van der Waals surface area contributed by atoms with Gasteiger partial charge in [0.15, 0.2) is 0 Å². The summed E-state index contributed by atoms with van der Waals surface area (Å²) < 4.78 is 57.5. The van der Waals surface area contributed by atoms with Crippen LogP contribution >= 0.6 is 0 Å². The quantitative estimate of drug-likeness (QED) is 0.761. The fraction of sp³-hybridized carbons (Fsp3) is 0.316. The first-order chi connectivity index (χ1) is 12.8. The standard InChI is InChI=1S/C19H18F4N2O2/c20-14-3-6-17(16(9-14)19(21,22)23)25-15-4-1-12(2-5-15)10-24-18(26)13-7-8-27-11-13/h1-6,9,13,25H,7-8,10-11H2,(H,24,26). The average Bonchev–Trinajstić information content (AvgIpc) is 3.16. The summed E-state index contributed by atoms with van der Waals surface area (Å²) in [7, 11) is 0. The van der Waals surface area contributed by atoms with Gasteiger partial charge in [0.2, 0.25) is 5.91 Å². The van der Waals surface area contributed by atoms with Gasteiger partial charge in [-0.25, -0.2) is 4.39 Å². The first-order valence-electron chi connectivity index (χ1n) is 8.41. The smallest absolute Gasteiger partial charge is 0.381 e. The Bertz CT molecular complexity index is 800. The third-order valence-electron chi connectivity index (χ3n) is 4.29. The van der Waals surface area contributed by atoms with Gasteiger partial charge in [-0.3, -0.25) is 4.79 Å². The number of rotatable bonds is 5. The molecule has 8 heteroatoms. The summed E-state index contributed by atoms with van der Waals surface area (Å²) >= 11 is 0. The molecule has 3 rings (SSSR count). The van der Waals surface area contributed by atoms with Crippen LogP contribution in [0.4, 0.5) is 28.9 Å². The Morgan fingerprint density at radius 2 is 1.89 bits per heavy atom. The minimum Gasteiger partial charge on any atom is -0.381 e. The van der Waals surface area contributed by atoms with Gasteiger partial charge < -0.3 is 15.4 Å². The largest absolute Gasteiger partial charge is 0.418 e. The molecule has 0 bridgehead atoms. The SMILES string of the molecule is O=C(NCc1ccc(Nc2ccc(F)cc2C(F)(F)F)cc1)C1CCOC1. The first-order valence-corrected chi connectivity index (χ1v) is 8.41. The second kappa shape index (κ2) is 7.96. The van der Waals surface area contributed by atoms with Crippen LogP contribution in [-0.4, -0.2) is 19.1 Å². The zero-order valence-electron chi connectivity index (χ0n) is 14.3. The molecular formula is C19H18F4N2O2. The monoisotopic (exact) mass is 382 g/mol. The number of amides is 1. The van der Waals surface area contributed by atoms with Crippen LogP contribution in [0.15, 0.2) is 42.5 Å². The normalized spacial score (nSPS) is 17.0. The van der Waals surface area contributed by atoms with Gasteiger partial charge in [0, 0.05) is 18.8 Å². The molecule has 0 spiro atoms. The molecule has 144 valence electrons. The fourth-order valence-corrected chi connectivity index (χ4v) is 2.80. The summed E-state index contributed by atoms with van der Waals surface area (Å²) in [6, 6.07) is 9.07. The molecule has 1 heterocycles. The molecule has 2 N–H and O–H groups in total. The lowest BCUT2D eigenvalue weighted by molar-refractivity contribution is -0.137. The van der Waals surface area contributed by atoms with Gasteiger partial charge in [0.25, 0.3) is 0 Å². The van der Waals surface area contributed by atoms with Gasteiger partial charge in [-0.1, -0.05) is 12.1 Å². The van der Waals surface area contributed by atoms with Crippen molar-refractivity contribution in [3.63, 3.8) is 0 Å². The first kappa shape index (κ1) is 19.2. The zero-order chi connectivity index (χ0) is 19.4. The molecular weight excluding hydrogens is 364 g/mol.